The standard InChI is InChI=1S/C16H17FN6/c1-10-11(2)20-21-16(18-10)19-15(14-8-9-23(3)22-14)12-4-6-13(17)7-5-12/h4-9,15H,1-3H3,(H,18,19,21). The number of rotatable bonds is 4. The summed E-state index contributed by atoms with van der Waals surface area (Å²) < 4.78 is 14.9. The van der Waals surface area contributed by atoms with Crippen molar-refractivity contribution >= 4 is 5.95 Å². The van der Waals surface area contributed by atoms with Crippen molar-refractivity contribution in [2.45, 2.75) is 19.9 Å². The van der Waals surface area contributed by atoms with Gasteiger partial charge in [0.2, 0.25) is 5.95 Å². The van der Waals surface area contributed by atoms with Gasteiger partial charge >= 0.3 is 0 Å². The molecule has 2 heterocycles. The Morgan fingerprint density at radius 3 is 2.39 bits per heavy atom. The van der Waals surface area contributed by atoms with Gasteiger partial charge in [0, 0.05) is 13.2 Å². The fourth-order valence-corrected chi connectivity index (χ4v) is 2.22. The van der Waals surface area contributed by atoms with E-state index in [1.54, 1.807) is 16.8 Å². The molecule has 7 heteroatoms. The van der Waals surface area contributed by atoms with Crippen molar-refractivity contribution in [2.24, 2.45) is 7.05 Å². The molecule has 0 spiro atoms. The molecule has 118 valence electrons. The van der Waals surface area contributed by atoms with Gasteiger partial charge in [-0.2, -0.15) is 10.2 Å². The van der Waals surface area contributed by atoms with Crippen LogP contribution in [-0.2, 0) is 7.05 Å². The summed E-state index contributed by atoms with van der Waals surface area (Å²) in [5.74, 6) is 0.130. The summed E-state index contributed by atoms with van der Waals surface area (Å²) in [6, 6.07) is 7.89. The van der Waals surface area contributed by atoms with Gasteiger partial charge in [-0.15, -0.1) is 5.10 Å². The number of aromatic nitrogens is 5. The first-order valence-electron chi connectivity index (χ1n) is 7.22. The average Bonchev–Trinajstić information content (AvgIpc) is 2.96. The zero-order valence-electron chi connectivity index (χ0n) is 13.2. The van der Waals surface area contributed by atoms with Crippen molar-refractivity contribution in [2.75, 3.05) is 5.32 Å². The maximum absolute atomic E-state index is 13.2. The van der Waals surface area contributed by atoms with Gasteiger partial charge in [-0.1, -0.05) is 12.1 Å². The summed E-state index contributed by atoms with van der Waals surface area (Å²) in [5.41, 5.74) is 3.25. The van der Waals surface area contributed by atoms with Crippen molar-refractivity contribution in [3.05, 3.63) is 65.0 Å². The Bertz CT molecular complexity index is 812. The first kappa shape index (κ1) is 15.1. The Morgan fingerprint density at radius 2 is 1.78 bits per heavy atom. The Morgan fingerprint density at radius 1 is 1.04 bits per heavy atom. The third-order valence-corrected chi connectivity index (χ3v) is 3.60. The van der Waals surface area contributed by atoms with Crippen molar-refractivity contribution in [3.63, 3.8) is 0 Å². The number of aryl methyl sites for hydroxylation is 3. The van der Waals surface area contributed by atoms with Crippen LogP contribution in [0.4, 0.5) is 10.3 Å². The predicted molar refractivity (Wildman–Crippen MR) is 84.4 cm³/mol. The van der Waals surface area contributed by atoms with Crippen LogP contribution in [0, 0.1) is 19.7 Å². The third kappa shape index (κ3) is 3.33. The number of hydrogen-bond acceptors (Lipinski definition) is 5. The highest BCUT2D eigenvalue weighted by atomic mass is 19.1. The molecule has 6 nitrogen and oxygen atoms in total. The second-order valence-corrected chi connectivity index (χ2v) is 5.35. The molecule has 0 aliphatic heterocycles. The SMILES string of the molecule is Cc1nnc(NC(c2ccc(F)cc2)c2ccn(C)n2)nc1C. The highest BCUT2D eigenvalue weighted by Crippen LogP contribution is 2.24. The van der Waals surface area contributed by atoms with E-state index in [0.29, 0.717) is 5.95 Å². The molecule has 1 N–H and O–H groups in total. The zero-order chi connectivity index (χ0) is 16.4. The number of benzene rings is 1. The van der Waals surface area contributed by atoms with Gasteiger partial charge < -0.3 is 5.32 Å². The fraction of sp³-hybridized carbons (Fsp3) is 0.250. The zero-order valence-corrected chi connectivity index (χ0v) is 13.2. The minimum atomic E-state index is -0.291. The predicted octanol–water partition coefficient (Wildman–Crippen LogP) is 2.56. The normalized spacial score (nSPS) is 12.2. The molecule has 0 bridgehead atoms. The van der Waals surface area contributed by atoms with Crippen LogP contribution in [0.5, 0.6) is 0 Å². The summed E-state index contributed by atoms with van der Waals surface area (Å²) in [6.45, 7) is 3.73. The van der Waals surface area contributed by atoms with E-state index in [4.69, 9.17) is 0 Å². The summed E-state index contributed by atoms with van der Waals surface area (Å²) in [4.78, 5) is 4.39. The first-order chi connectivity index (χ1) is 11.0. The van der Waals surface area contributed by atoms with E-state index in [1.807, 2.05) is 33.2 Å². The van der Waals surface area contributed by atoms with Crippen LogP contribution in [-0.4, -0.2) is 25.0 Å². The minimum Gasteiger partial charge on any atom is -0.340 e. The van der Waals surface area contributed by atoms with Crippen molar-refractivity contribution in [1.29, 1.82) is 0 Å². The summed E-state index contributed by atoms with van der Waals surface area (Å²) in [5, 5.41) is 15.8. The number of hydrogen-bond donors (Lipinski definition) is 1. The van der Waals surface area contributed by atoms with E-state index in [0.717, 1.165) is 22.6 Å². The highest BCUT2D eigenvalue weighted by molar-refractivity contribution is 5.38. The molecular weight excluding hydrogens is 295 g/mol. The van der Waals surface area contributed by atoms with Crippen molar-refractivity contribution in [3.8, 4) is 0 Å². The van der Waals surface area contributed by atoms with Gasteiger partial charge in [-0.05, 0) is 37.6 Å². The monoisotopic (exact) mass is 312 g/mol. The van der Waals surface area contributed by atoms with Gasteiger partial charge in [-0.3, -0.25) is 4.68 Å². The molecule has 0 saturated heterocycles. The molecule has 0 saturated carbocycles. The summed E-state index contributed by atoms with van der Waals surface area (Å²) in [6.07, 6.45) is 1.85. The molecule has 3 aromatic rings. The molecule has 0 amide bonds. The molecule has 2 aromatic heterocycles. The van der Waals surface area contributed by atoms with Crippen molar-refractivity contribution in [1.82, 2.24) is 25.0 Å². The molecule has 0 fully saturated rings. The lowest BCUT2D eigenvalue weighted by Gasteiger charge is -2.17. The Hall–Kier alpha value is -2.83. The lowest BCUT2D eigenvalue weighted by atomic mass is 10.0. The second-order valence-electron chi connectivity index (χ2n) is 5.35. The van der Waals surface area contributed by atoms with Crippen LogP contribution in [0.25, 0.3) is 0 Å². The van der Waals surface area contributed by atoms with Crippen LogP contribution in [0.2, 0.25) is 0 Å². The molecule has 1 atom stereocenters. The quantitative estimate of drug-likeness (QED) is 0.802. The smallest absolute Gasteiger partial charge is 0.243 e. The van der Waals surface area contributed by atoms with Crippen LogP contribution < -0.4 is 5.32 Å². The largest absolute Gasteiger partial charge is 0.340 e. The van der Waals surface area contributed by atoms with Crippen LogP contribution in [0.1, 0.15) is 28.7 Å². The van der Waals surface area contributed by atoms with Gasteiger partial charge in [0.1, 0.15) is 5.82 Å². The van der Waals surface area contributed by atoms with Crippen molar-refractivity contribution < 1.29 is 4.39 Å². The van der Waals surface area contributed by atoms with E-state index in [2.05, 4.69) is 25.6 Å². The molecule has 23 heavy (non-hydrogen) atoms. The molecule has 0 aliphatic carbocycles. The van der Waals surface area contributed by atoms with Gasteiger partial charge in [0.05, 0.1) is 23.1 Å². The minimum absolute atomic E-state index is 0.280. The third-order valence-electron chi connectivity index (χ3n) is 3.60. The lowest BCUT2D eigenvalue weighted by Crippen LogP contribution is -2.16. The summed E-state index contributed by atoms with van der Waals surface area (Å²) in [7, 11) is 1.85. The van der Waals surface area contributed by atoms with E-state index in [1.165, 1.54) is 12.1 Å². The molecule has 0 aliphatic rings. The van der Waals surface area contributed by atoms with Gasteiger partial charge in [-0.25, -0.2) is 9.37 Å². The first-order valence-corrected chi connectivity index (χ1v) is 7.22. The molecular formula is C16H17FN6. The van der Waals surface area contributed by atoms with Gasteiger partial charge in [0.15, 0.2) is 0 Å². The maximum Gasteiger partial charge on any atom is 0.243 e. The average molecular weight is 312 g/mol. The van der Waals surface area contributed by atoms with E-state index >= 15 is 0 Å². The Labute approximate surface area is 133 Å². The van der Waals surface area contributed by atoms with E-state index in [-0.39, 0.29) is 11.9 Å². The Kier molecular flexibility index (Phi) is 4.01. The summed E-state index contributed by atoms with van der Waals surface area (Å²) >= 11 is 0. The highest BCUT2D eigenvalue weighted by Gasteiger charge is 2.18. The number of nitrogens with zero attached hydrogens (tertiary/aromatic N) is 5. The number of halogens is 1. The van der Waals surface area contributed by atoms with E-state index < -0.39 is 0 Å². The number of anilines is 1. The van der Waals surface area contributed by atoms with Crippen LogP contribution in [0.15, 0.2) is 36.5 Å². The molecule has 3 rings (SSSR count). The van der Waals surface area contributed by atoms with Gasteiger partial charge in [0.25, 0.3) is 0 Å². The molecule has 1 unspecified atom stereocenters. The lowest BCUT2D eigenvalue weighted by molar-refractivity contribution is 0.626. The van der Waals surface area contributed by atoms with Crippen LogP contribution in [0.3, 0.4) is 0 Å². The fourth-order valence-electron chi connectivity index (χ4n) is 2.22. The van der Waals surface area contributed by atoms with Crippen LogP contribution >= 0.6 is 0 Å². The number of nitrogens with one attached hydrogen (secondary N) is 1. The van der Waals surface area contributed by atoms with E-state index in [9.17, 15) is 4.39 Å². The maximum atomic E-state index is 13.2. The Balaban J connectivity index is 1.97. The molecule has 0 radical (unpaired) electrons. The topological polar surface area (TPSA) is 68.5 Å². The second kappa shape index (κ2) is 6.12. The molecule has 1 aromatic carbocycles.